The summed E-state index contributed by atoms with van der Waals surface area (Å²) in [5.41, 5.74) is 3.58. The van der Waals surface area contributed by atoms with E-state index in [9.17, 15) is 0 Å². The van der Waals surface area contributed by atoms with E-state index in [-0.39, 0.29) is 0 Å². The molecule has 0 saturated carbocycles. The number of nitrogens with one attached hydrogen (secondary N) is 2. The zero-order valence-corrected chi connectivity index (χ0v) is 13.4. The van der Waals surface area contributed by atoms with Crippen molar-refractivity contribution in [3.05, 3.63) is 52.1 Å². The number of hydrazine groups is 1. The molecule has 1 amide bonds. The van der Waals surface area contributed by atoms with Crippen molar-refractivity contribution in [2.75, 3.05) is 12.4 Å². The van der Waals surface area contributed by atoms with Crippen LogP contribution in [0.1, 0.15) is 5.56 Å². The van der Waals surface area contributed by atoms with Gasteiger partial charge >= 0.3 is 0 Å². The van der Waals surface area contributed by atoms with Crippen molar-refractivity contribution in [2.45, 2.75) is 6.61 Å². The maximum Gasteiger partial charge on any atom is 0.221 e. The topological polar surface area (TPSA) is 89.3 Å². The maximum atomic E-state index is 8.94. The van der Waals surface area contributed by atoms with Crippen LogP contribution >= 0.6 is 23.2 Å². The number of hydrogen-bond donors (Lipinski definition) is 3. The average Bonchev–Trinajstić information content (AvgIpc) is 2.53. The Bertz CT molecular complexity index is 611. The van der Waals surface area contributed by atoms with Crippen LogP contribution in [-0.2, 0) is 11.4 Å². The molecule has 118 valence electrons. The summed E-state index contributed by atoms with van der Waals surface area (Å²) >= 11 is 12.0. The number of rotatable bonds is 5. The third kappa shape index (κ3) is 5.77. The second kappa shape index (κ2) is 9.83. The van der Waals surface area contributed by atoms with E-state index in [1.54, 1.807) is 23.8 Å². The third-order valence-electron chi connectivity index (χ3n) is 2.52. The van der Waals surface area contributed by atoms with Gasteiger partial charge in [0.2, 0.25) is 12.3 Å². The minimum absolute atomic E-state index is 0.336. The van der Waals surface area contributed by atoms with Gasteiger partial charge in [-0.3, -0.25) is 10.2 Å². The monoisotopic (exact) mass is 342 g/mol. The van der Waals surface area contributed by atoms with Gasteiger partial charge in [0.05, 0.1) is 0 Å². The Balaban J connectivity index is 0.000000541. The summed E-state index contributed by atoms with van der Waals surface area (Å²) in [6.07, 6.45) is 2.00. The predicted octanol–water partition coefficient (Wildman–Crippen LogP) is 2.62. The number of carbonyl (C=O) groups is 1. The van der Waals surface area contributed by atoms with E-state index in [1.165, 1.54) is 0 Å². The SMILES string of the molecule is CNc1cccc(Cl)c1COc1cc(Cl)ccn1.NNC=O. The minimum Gasteiger partial charge on any atom is -0.473 e. The molecule has 4 N–H and O–H groups in total. The number of hydrogen-bond acceptors (Lipinski definition) is 5. The molecule has 22 heavy (non-hydrogen) atoms. The first-order valence-electron chi connectivity index (χ1n) is 6.21. The third-order valence-corrected chi connectivity index (χ3v) is 3.11. The van der Waals surface area contributed by atoms with Crippen LogP contribution in [0.15, 0.2) is 36.5 Å². The van der Waals surface area contributed by atoms with Gasteiger partial charge in [-0.25, -0.2) is 10.8 Å². The summed E-state index contributed by atoms with van der Waals surface area (Å²) in [6.45, 7) is 0.336. The van der Waals surface area contributed by atoms with Gasteiger partial charge in [-0.15, -0.1) is 0 Å². The molecule has 0 atom stereocenters. The van der Waals surface area contributed by atoms with Crippen molar-refractivity contribution in [1.82, 2.24) is 10.4 Å². The van der Waals surface area contributed by atoms with Crippen LogP contribution in [0.25, 0.3) is 0 Å². The number of amides is 1. The number of nitrogens with two attached hydrogens (primary N) is 1. The molecule has 6 nitrogen and oxygen atoms in total. The van der Waals surface area contributed by atoms with E-state index >= 15 is 0 Å². The number of benzene rings is 1. The fraction of sp³-hybridized carbons (Fsp3) is 0.143. The van der Waals surface area contributed by atoms with Crippen molar-refractivity contribution in [1.29, 1.82) is 0 Å². The van der Waals surface area contributed by atoms with Gasteiger partial charge in [0.25, 0.3) is 0 Å². The Morgan fingerprint density at radius 1 is 1.36 bits per heavy atom. The summed E-state index contributed by atoms with van der Waals surface area (Å²) in [5.74, 6) is 4.89. The van der Waals surface area contributed by atoms with Crippen molar-refractivity contribution >= 4 is 35.3 Å². The van der Waals surface area contributed by atoms with Gasteiger partial charge < -0.3 is 10.1 Å². The molecule has 0 bridgehead atoms. The highest BCUT2D eigenvalue weighted by molar-refractivity contribution is 6.31. The van der Waals surface area contributed by atoms with Crippen molar-refractivity contribution < 1.29 is 9.53 Å². The molecule has 0 aliphatic rings. The van der Waals surface area contributed by atoms with Crippen LogP contribution in [0.3, 0.4) is 0 Å². The van der Waals surface area contributed by atoms with Gasteiger partial charge in [0.1, 0.15) is 6.61 Å². The minimum atomic E-state index is 0.336. The average molecular weight is 343 g/mol. The van der Waals surface area contributed by atoms with Crippen molar-refractivity contribution in [3.8, 4) is 5.88 Å². The molecular weight excluding hydrogens is 327 g/mol. The Morgan fingerprint density at radius 3 is 2.68 bits per heavy atom. The summed E-state index contributed by atoms with van der Waals surface area (Å²) in [4.78, 5) is 13.0. The number of ether oxygens (including phenoxy) is 1. The number of halogens is 2. The standard InChI is InChI=1S/C13H12Cl2N2O.CH4N2O/c1-16-12-4-2-3-11(15)10(12)8-18-13-7-9(14)5-6-17-13;2-3-1-4/h2-7,16H,8H2,1H3;1H,2H2,(H,3,4). The zero-order valence-electron chi connectivity index (χ0n) is 11.8. The highest BCUT2D eigenvalue weighted by atomic mass is 35.5. The molecule has 1 aromatic heterocycles. The first kappa shape index (κ1) is 18.0. The number of carbonyl (C=O) groups excluding carboxylic acids is 1. The van der Waals surface area contributed by atoms with Crippen molar-refractivity contribution in [2.24, 2.45) is 5.84 Å². The number of aromatic nitrogens is 1. The molecule has 0 aliphatic heterocycles. The summed E-state index contributed by atoms with van der Waals surface area (Å²) in [5, 5.41) is 4.32. The first-order chi connectivity index (χ1) is 10.6. The number of pyridine rings is 1. The van der Waals surface area contributed by atoms with E-state index in [0.29, 0.717) is 28.9 Å². The highest BCUT2D eigenvalue weighted by Gasteiger charge is 2.07. The van der Waals surface area contributed by atoms with E-state index in [0.717, 1.165) is 11.3 Å². The van der Waals surface area contributed by atoms with Gasteiger partial charge in [0, 0.05) is 40.6 Å². The van der Waals surface area contributed by atoms with Gasteiger partial charge in [-0.05, 0) is 18.2 Å². The number of nitrogens with zero attached hydrogens (tertiary/aromatic N) is 1. The van der Waals surface area contributed by atoms with E-state index in [4.69, 9.17) is 32.7 Å². The summed E-state index contributed by atoms with van der Waals surface area (Å²) in [6, 6.07) is 9.01. The molecule has 0 spiro atoms. The molecule has 0 saturated heterocycles. The van der Waals surface area contributed by atoms with E-state index in [1.807, 2.05) is 25.2 Å². The Morgan fingerprint density at radius 2 is 2.09 bits per heavy atom. The quantitative estimate of drug-likeness (QED) is 0.336. The lowest BCUT2D eigenvalue weighted by Gasteiger charge is -2.11. The number of anilines is 1. The molecule has 0 unspecified atom stereocenters. The molecule has 2 rings (SSSR count). The van der Waals surface area contributed by atoms with Crippen LogP contribution in [0, 0.1) is 0 Å². The summed E-state index contributed by atoms with van der Waals surface area (Å²) in [7, 11) is 1.84. The fourth-order valence-electron chi connectivity index (χ4n) is 1.55. The van der Waals surface area contributed by atoms with Crippen LogP contribution < -0.4 is 21.3 Å². The van der Waals surface area contributed by atoms with Gasteiger partial charge in [-0.1, -0.05) is 29.3 Å². The molecule has 1 aromatic carbocycles. The van der Waals surface area contributed by atoms with E-state index < -0.39 is 0 Å². The molecule has 0 fully saturated rings. The van der Waals surface area contributed by atoms with Crippen molar-refractivity contribution in [3.63, 3.8) is 0 Å². The predicted molar refractivity (Wildman–Crippen MR) is 88.0 cm³/mol. The highest BCUT2D eigenvalue weighted by Crippen LogP contribution is 2.25. The molecule has 2 aromatic rings. The van der Waals surface area contributed by atoms with Crippen LogP contribution in [0.2, 0.25) is 10.0 Å². The molecule has 1 heterocycles. The van der Waals surface area contributed by atoms with E-state index in [2.05, 4.69) is 16.1 Å². The Hall–Kier alpha value is -2.02. The molecular formula is C14H16Cl2N4O2. The Kier molecular flexibility index (Phi) is 8.06. The molecule has 8 heteroatoms. The fourth-order valence-corrected chi connectivity index (χ4v) is 1.93. The van der Waals surface area contributed by atoms with Gasteiger partial charge in [0.15, 0.2) is 0 Å². The summed E-state index contributed by atoms with van der Waals surface area (Å²) < 4.78 is 5.58. The van der Waals surface area contributed by atoms with Crippen LogP contribution in [-0.4, -0.2) is 18.4 Å². The molecule has 0 radical (unpaired) electrons. The maximum absolute atomic E-state index is 8.94. The lowest BCUT2D eigenvalue weighted by molar-refractivity contribution is -0.109. The lowest BCUT2D eigenvalue weighted by atomic mass is 10.2. The normalized spacial score (nSPS) is 9.27. The largest absolute Gasteiger partial charge is 0.473 e. The lowest BCUT2D eigenvalue weighted by Crippen LogP contribution is -2.18. The van der Waals surface area contributed by atoms with Gasteiger partial charge in [-0.2, -0.15) is 0 Å². The van der Waals surface area contributed by atoms with Crippen LogP contribution in [0.4, 0.5) is 5.69 Å². The second-order valence-corrected chi connectivity index (χ2v) is 4.75. The smallest absolute Gasteiger partial charge is 0.221 e. The zero-order chi connectivity index (χ0) is 16.4. The second-order valence-electron chi connectivity index (χ2n) is 3.90. The molecule has 0 aliphatic carbocycles. The van der Waals surface area contributed by atoms with Crippen LogP contribution in [0.5, 0.6) is 5.88 Å². The Labute approximate surface area is 138 Å². The first-order valence-corrected chi connectivity index (χ1v) is 6.97.